The lowest BCUT2D eigenvalue weighted by Crippen LogP contribution is -1.96. The van der Waals surface area contributed by atoms with Gasteiger partial charge >= 0.3 is 0 Å². The van der Waals surface area contributed by atoms with Crippen molar-refractivity contribution in [3.05, 3.63) is 27.7 Å². The summed E-state index contributed by atoms with van der Waals surface area (Å²) in [5.41, 5.74) is 0. The minimum absolute atomic E-state index is 0.630. The molecule has 0 bridgehead atoms. The third-order valence-corrected chi connectivity index (χ3v) is 2.50. The quantitative estimate of drug-likeness (QED) is 0.743. The molecule has 2 heterocycles. The molecule has 0 amide bonds. The molecule has 6 heteroatoms. The maximum absolute atomic E-state index is 4.98. The van der Waals surface area contributed by atoms with Gasteiger partial charge in [-0.05, 0) is 12.2 Å². The number of nitrogens with one attached hydrogen (secondary N) is 1. The number of hydrogen-bond acceptors (Lipinski definition) is 4. The number of thiazole rings is 1. The smallest absolute Gasteiger partial charge is 0.195 e. The van der Waals surface area contributed by atoms with Gasteiger partial charge in [0.05, 0.1) is 6.54 Å². The van der Waals surface area contributed by atoms with Crippen LogP contribution < -0.4 is 0 Å². The maximum atomic E-state index is 4.98. The average Bonchev–Trinajstić information content (AvgIpc) is 2.65. The monoisotopic (exact) mass is 198 g/mol. The Labute approximate surface area is 77.9 Å². The second-order valence-corrected chi connectivity index (χ2v) is 3.58. The number of H-pyrrole nitrogens is 1. The van der Waals surface area contributed by atoms with E-state index in [0.717, 1.165) is 5.01 Å². The zero-order chi connectivity index (χ0) is 8.39. The van der Waals surface area contributed by atoms with Crippen LogP contribution in [0.25, 0.3) is 0 Å². The van der Waals surface area contributed by atoms with Gasteiger partial charge in [-0.25, -0.2) is 4.98 Å². The number of aromatic amines is 1. The van der Waals surface area contributed by atoms with Crippen molar-refractivity contribution >= 4 is 23.6 Å². The molecule has 0 radical (unpaired) electrons. The van der Waals surface area contributed by atoms with Gasteiger partial charge in [-0.1, -0.05) is 0 Å². The molecule has 2 rings (SSSR count). The van der Waals surface area contributed by atoms with Gasteiger partial charge in [-0.3, -0.25) is 9.67 Å². The van der Waals surface area contributed by atoms with E-state index in [4.69, 9.17) is 12.2 Å². The summed E-state index contributed by atoms with van der Waals surface area (Å²) in [6, 6.07) is 0. The van der Waals surface area contributed by atoms with Crippen molar-refractivity contribution < 1.29 is 0 Å². The molecule has 0 aliphatic heterocycles. The van der Waals surface area contributed by atoms with Crippen molar-refractivity contribution in [3.63, 3.8) is 0 Å². The molecule has 0 spiro atoms. The Morgan fingerprint density at radius 3 is 3.17 bits per heavy atom. The molecule has 0 aromatic carbocycles. The van der Waals surface area contributed by atoms with Crippen LogP contribution in [0.2, 0.25) is 0 Å². The van der Waals surface area contributed by atoms with Gasteiger partial charge in [0.15, 0.2) is 4.77 Å². The van der Waals surface area contributed by atoms with Crippen LogP contribution in [0.3, 0.4) is 0 Å². The molecule has 4 nitrogen and oxygen atoms in total. The van der Waals surface area contributed by atoms with Crippen LogP contribution in [0.5, 0.6) is 0 Å². The van der Waals surface area contributed by atoms with E-state index >= 15 is 0 Å². The van der Waals surface area contributed by atoms with E-state index in [-0.39, 0.29) is 0 Å². The topological polar surface area (TPSA) is 46.5 Å². The van der Waals surface area contributed by atoms with E-state index in [0.29, 0.717) is 11.3 Å². The van der Waals surface area contributed by atoms with Crippen molar-refractivity contribution in [1.29, 1.82) is 0 Å². The molecule has 0 saturated carbocycles. The van der Waals surface area contributed by atoms with Gasteiger partial charge in [-0.2, -0.15) is 5.10 Å². The molecule has 62 valence electrons. The van der Waals surface area contributed by atoms with Gasteiger partial charge in [0, 0.05) is 11.6 Å². The highest BCUT2D eigenvalue weighted by atomic mass is 32.1. The summed E-state index contributed by atoms with van der Waals surface area (Å²) in [7, 11) is 0. The van der Waals surface area contributed by atoms with Crippen LogP contribution in [0.1, 0.15) is 5.01 Å². The standard InChI is InChI=1S/C6H6N4S2/c11-6-9-8-4-10(6)3-5-7-1-2-12-5/h1-2,4H,3H2,(H,9,11). The third kappa shape index (κ3) is 1.44. The average molecular weight is 198 g/mol. The van der Waals surface area contributed by atoms with Crippen molar-refractivity contribution in [2.75, 3.05) is 0 Å². The first-order valence-corrected chi connectivity index (χ1v) is 4.63. The van der Waals surface area contributed by atoms with Crippen LogP contribution in [-0.4, -0.2) is 19.7 Å². The van der Waals surface area contributed by atoms with Gasteiger partial charge < -0.3 is 0 Å². The minimum atomic E-state index is 0.630. The number of rotatable bonds is 2. The van der Waals surface area contributed by atoms with Crippen LogP contribution in [0.15, 0.2) is 17.9 Å². The Balaban J connectivity index is 2.25. The van der Waals surface area contributed by atoms with E-state index in [1.165, 1.54) is 0 Å². The lowest BCUT2D eigenvalue weighted by Gasteiger charge is -1.94. The molecule has 0 fully saturated rings. The first-order chi connectivity index (χ1) is 5.86. The van der Waals surface area contributed by atoms with E-state index in [1.54, 1.807) is 23.9 Å². The normalized spacial score (nSPS) is 10.3. The molecule has 2 aromatic heterocycles. The van der Waals surface area contributed by atoms with Gasteiger partial charge in [-0.15, -0.1) is 11.3 Å². The summed E-state index contributed by atoms with van der Waals surface area (Å²) in [5.74, 6) is 0. The predicted octanol–water partition coefficient (Wildman–Crippen LogP) is 1.45. The number of aromatic nitrogens is 4. The van der Waals surface area contributed by atoms with E-state index in [9.17, 15) is 0 Å². The molecule has 1 N–H and O–H groups in total. The SMILES string of the molecule is S=c1[nH]ncn1Cc1nccs1. The summed E-state index contributed by atoms with van der Waals surface area (Å²) in [4.78, 5) is 4.14. The fourth-order valence-corrected chi connectivity index (χ4v) is 1.64. The fraction of sp³-hybridized carbons (Fsp3) is 0.167. The van der Waals surface area contributed by atoms with Crippen molar-refractivity contribution in [3.8, 4) is 0 Å². The van der Waals surface area contributed by atoms with Crippen LogP contribution in [0.4, 0.5) is 0 Å². The van der Waals surface area contributed by atoms with E-state index < -0.39 is 0 Å². The highest BCUT2D eigenvalue weighted by Crippen LogP contribution is 2.05. The Morgan fingerprint density at radius 2 is 2.58 bits per heavy atom. The van der Waals surface area contributed by atoms with Crippen molar-refractivity contribution in [1.82, 2.24) is 19.7 Å². The first kappa shape index (κ1) is 7.63. The Bertz CT molecular complexity index is 399. The molecule has 2 aromatic rings. The van der Waals surface area contributed by atoms with E-state index in [2.05, 4.69) is 15.2 Å². The molecular formula is C6H6N4S2. The predicted molar refractivity (Wildman–Crippen MR) is 48.6 cm³/mol. The van der Waals surface area contributed by atoms with E-state index in [1.807, 2.05) is 9.95 Å². The lowest BCUT2D eigenvalue weighted by molar-refractivity contribution is 0.776. The van der Waals surface area contributed by atoms with Crippen molar-refractivity contribution in [2.24, 2.45) is 0 Å². The minimum Gasteiger partial charge on any atom is -0.300 e. The third-order valence-electron chi connectivity index (χ3n) is 1.41. The highest BCUT2D eigenvalue weighted by molar-refractivity contribution is 7.71. The molecular weight excluding hydrogens is 192 g/mol. The summed E-state index contributed by atoms with van der Waals surface area (Å²) in [6.07, 6.45) is 3.45. The molecule has 0 aliphatic carbocycles. The Morgan fingerprint density at radius 1 is 1.67 bits per heavy atom. The zero-order valence-corrected chi connectivity index (χ0v) is 7.73. The largest absolute Gasteiger partial charge is 0.300 e. The summed E-state index contributed by atoms with van der Waals surface area (Å²) in [6.45, 7) is 0.701. The van der Waals surface area contributed by atoms with Crippen LogP contribution in [-0.2, 0) is 6.54 Å². The van der Waals surface area contributed by atoms with Crippen LogP contribution >= 0.6 is 23.6 Å². The molecule has 0 aliphatic rings. The van der Waals surface area contributed by atoms with Gasteiger partial charge in [0.1, 0.15) is 11.3 Å². The summed E-state index contributed by atoms with van der Waals surface area (Å²) < 4.78 is 2.47. The summed E-state index contributed by atoms with van der Waals surface area (Å²) >= 11 is 6.59. The molecule has 0 atom stereocenters. The second-order valence-electron chi connectivity index (χ2n) is 2.22. The number of hydrogen-bond donors (Lipinski definition) is 1. The maximum Gasteiger partial charge on any atom is 0.195 e. The number of nitrogens with zero attached hydrogens (tertiary/aromatic N) is 3. The molecule has 0 saturated heterocycles. The Hall–Kier alpha value is -1.01. The molecule has 0 unspecified atom stereocenters. The lowest BCUT2D eigenvalue weighted by atomic mass is 10.6. The van der Waals surface area contributed by atoms with Gasteiger partial charge in [0.25, 0.3) is 0 Å². The fourth-order valence-electron chi connectivity index (χ4n) is 0.860. The zero-order valence-electron chi connectivity index (χ0n) is 6.10. The van der Waals surface area contributed by atoms with Gasteiger partial charge in [0.2, 0.25) is 0 Å². The van der Waals surface area contributed by atoms with Crippen molar-refractivity contribution in [2.45, 2.75) is 6.54 Å². The first-order valence-electron chi connectivity index (χ1n) is 3.34. The Kier molecular flexibility index (Phi) is 2.01. The second kappa shape index (κ2) is 3.16. The highest BCUT2D eigenvalue weighted by Gasteiger charge is 1.97. The molecule has 12 heavy (non-hydrogen) atoms. The summed E-state index contributed by atoms with van der Waals surface area (Å²) in [5, 5.41) is 9.48. The van der Waals surface area contributed by atoms with Crippen LogP contribution in [0, 0.1) is 4.77 Å².